The van der Waals surface area contributed by atoms with Crippen molar-refractivity contribution in [3.8, 4) is 11.5 Å². The Bertz CT molecular complexity index is 1440. The van der Waals surface area contributed by atoms with E-state index in [2.05, 4.69) is 13.2 Å². The Hall–Kier alpha value is -4.15. The Kier molecular flexibility index (Phi) is 9.88. The first kappa shape index (κ1) is 33.2. The van der Waals surface area contributed by atoms with Gasteiger partial charge >= 0.3 is 0 Å². The molecule has 3 amide bonds. The fraction of sp³-hybridized carbons (Fsp3) is 0.472. The van der Waals surface area contributed by atoms with Crippen LogP contribution in [0.2, 0.25) is 0 Å². The second kappa shape index (κ2) is 13.7. The minimum Gasteiger partial charge on any atom is -0.497 e. The molecule has 0 saturated carbocycles. The molecule has 0 radical (unpaired) electrons. The Labute approximate surface area is 271 Å². The molecule has 3 aliphatic heterocycles. The summed E-state index contributed by atoms with van der Waals surface area (Å²) in [5.74, 6) is -1.49. The standard InChI is InChI=1S/C36H45N3O7/c1-7-20-37(24-12-16-27(17-13-24)45-9-3)33(41)30-29-18-19-36(46-29)31(30)34(42)39(28(22-40)23(4)5)32(36)35(43)38(21-8-2)25-10-14-26(44-6)15-11-25/h7-8,10-17,23,28-32,40H,1-2,9,18-22H2,3-6H3/t28-,29-,30+,31-,32?,36?/m0/s1. The number of nitrogens with zero attached hydrogens (tertiary/aromatic N) is 3. The van der Waals surface area contributed by atoms with Crippen molar-refractivity contribution in [2.75, 3.05) is 43.2 Å². The number of hydrogen-bond donors (Lipinski definition) is 1. The molecule has 1 spiro atoms. The molecule has 2 aromatic rings. The van der Waals surface area contributed by atoms with E-state index in [4.69, 9.17) is 14.2 Å². The van der Waals surface area contributed by atoms with Gasteiger partial charge in [-0.2, -0.15) is 0 Å². The van der Waals surface area contributed by atoms with E-state index in [9.17, 15) is 19.5 Å². The average molecular weight is 632 g/mol. The van der Waals surface area contributed by atoms with E-state index < -0.39 is 35.6 Å². The van der Waals surface area contributed by atoms with Crippen LogP contribution in [0.1, 0.15) is 33.6 Å². The molecule has 3 fully saturated rings. The first-order chi connectivity index (χ1) is 22.2. The second-order valence-electron chi connectivity index (χ2n) is 12.4. The van der Waals surface area contributed by atoms with Crippen molar-refractivity contribution < 1.29 is 33.7 Å². The topological polar surface area (TPSA) is 109 Å². The molecule has 46 heavy (non-hydrogen) atoms. The lowest BCUT2D eigenvalue weighted by Gasteiger charge is -2.40. The van der Waals surface area contributed by atoms with Gasteiger partial charge in [0.1, 0.15) is 23.1 Å². The summed E-state index contributed by atoms with van der Waals surface area (Å²) in [7, 11) is 1.57. The molecule has 10 heteroatoms. The molecular formula is C36H45N3O7. The van der Waals surface area contributed by atoms with Crippen LogP contribution in [0.5, 0.6) is 11.5 Å². The highest BCUT2D eigenvalue weighted by molar-refractivity contribution is 6.06. The first-order valence-corrected chi connectivity index (χ1v) is 16.0. The van der Waals surface area contributed by atoms with Crippen LogP contribution in [-0.4, -0.2) is 84.9 Å². The predicted molar refractivity (Wildman–Crippen MR) is 176 cm³/mol. The van der Waals surface area contributed by atoms with E-state index in [-0.39, 0.29) is 43.3 Å². The monoisotopic (exact) mass is 631 g/mol. The molecule has 0 aromatic heterocycles. The van der Waals surface area contributed by atoms with Crippen molar-refractivity contribution in [1.82, 2.24) is 4.90 Å². The Morgan fingerprint density at radius 1 is 1.02 bits per heavy atom. The minimum absolute atomic E-state index is 0.166. The lowest BCUT2D eigenvalue weighted by molar-refractivity contribution is -0.145. The summed E-state index contributed by atoms with van der Waals surface area (Å²) < 4.78 is 17.6. The summed E-state index contributed by atoms with van der Waals surface area (Å²) in [6, 6.07) is 12.6. The smallest absolute Gasteiger partial charge is 0.253 e. The number of aliphatic hydroxyl groups is 1. The molecular weight excluding hydrogens is 586 g/mol. The zero-order chi connectivity index (χ0) is 33.2. The van der Waals surface area contributed by atoms with Crippen LogP contribution < -0.4 is 19.3 Å². The van der Waals surface area contributed by atoms with Gasteiger partial charge < -0.3 is 34.0 Å². The Balaban J connectivity index is 1.57. The van der Waals surface area contributed by atoms with E-state index in [1.165, 1.54) is 4.90 Å². The zero-order valence-corrected chi connectivity index (χ0v) is 27.1. The molecule has 1 N–H and O–H groups in total. The number of aliphatic hydroxyl groups excluding tert-OH is 1. The van der Waals surface area contributed by atoms with Crippen LogP contribution in [0.25, 0.3) is 0 Å². The van der Waals surface area contributed by atoms with Gasteiger partial charge in [0.2, 0.25) is 11.8 Å². The van der Waals surface area contributed by atoms with Crippen molar-refractivity contribution in [3.63, 3.8) is 0 Å². The SMILES string of the molecule is C=CCN(C(=O)C1N([C@@H](CO)C(C)C)C(=O)[C@@H]2[C@H](C(=O)N(CC=C)c3ccc(OCC)cc3)[C@@H]3CCC12O3)c1ccc(OC)cc1. The third-order valence-electron chi connectivity index (χ3n) is 9.57. The number of hydrogen-bond acceptors (Lipinski definition) is 7. The number of methoxy groups -OCH3 is 1. The fourth-order valence-corrected chi connectivity index (χ4v) is 7.51. The van der Waals surface area contributed by atoms with Crippen LogP contribution >= 0.6 is 0 Å². The van der Waals surface area contributed by atoms with Crippen molar-refractivity contribution in [3.05, 3.63) is 73.8 Å². The van der Waals surface area contributed by atoms with Crippen molar-refractivity contribution in [1.29, 1.82) is 0 Å². The lowest BCUT2D eigenvalue weighted by atomic mass is 9.70. The molecule has 2 bridgehead atoms. The number of likely N-dealkylation sites (tertiary alicyclic amines) is 1. The van der Waals surface area contributed by atoms with Gasteiger partial charge in [-0.1, -0.05) is 26.0 Å². The summed E-state index contributed by atoms with van der Waals surface area (Å²) in [5, 5.41) is 10.6. The number of carbonyl (C=O) groups excluding carboxylic acids is 3. The summed E-state index contributed by atoms with van der Waals surface area (Å²) >= 11 is 0. The van der Waals surface area contributed by atoms with Crippen LogP contribution in [-0.2, 0) is 19.1 Å². The maximum absolute atomic E-state index is 14.8. The highest BCUT2D eigenvalue weighted by atomic mass is 16.5. The Morgan fingerprint density at radius 3 is 2.09 bits per heavy atom. The third-order valence-corrected chi connectivity index (χ3v) is 9.57. The highest BCUT2D eigenvalue weighted by Crippen LogP contribution is 2.59. The van der Waals surface area contributed by atoms with Gasteiger partial charge in [-0.15, -0.1) is 13.2 Å². The van der Waals surface area contributed by atoms with Gasteiger partial charge in [-0.3, -0.25) is 14.4 Å². The van der Waals surface area contributed by atoms with Crippen molar-refractivity contribution in [2.45, 2.75) is 57.4 Å². The van der Waals surface area contributed by atoms with Gasteiger partial charge in [0.15, 0.2) is 0 Å². The van der Waals surface area contributed by atoms with Crippen molar-refractivity contribution in [2.24, 2.45) is 17.8 Å². The quantitative estimate of drug-likeness (QED) is 0.311. The first-order valence-electron chi connectivity index (χ1n) is 16.0. The molecule has 5 rings (SSSR count). The van der Waals surface area contributed by atoms with Crippen LogP contribution in [0.15, 0.2) is 73.8 Å². The Morgan fingerprint density at radius 2 is 1.59 bits per heavy atom. The number of ether oxygens (including phenoxy) is 3. The highest BCUT2D eigenvalue weighted by Gasteiger charge is 2.75. The summed E-state index contributed by atoms with van der Waals surface area (Å²) in [4.78, 5) is 48.7. The largest absolute Gasteiger partial charge is 0.497 e. The maximum Gasteiger partial charge on any atom is 0.253 e. The van der Waals surface area contributed by atoms with E-state index in [1.807, 2.05) is 32.9 Å². The zero-order valence-electron chi connectivity index (χ0n) is 27.1. The average Bonchev–Trinajstić information content (AvgIpc) is 3.70. The van der Waals surface area contributed by atoms with E-state index in [1.54, 1.807) is 65.5 Å². The van der Waals surface area contributed by atoms with Gasteiger partial charge in [-0.25, -0.2) is 0 Å². The van der Waals surface area contributed by atoms with E-state index >= 15 is 0 Å². The number of benzene rings is 2. The van der Waals surface area contributed by atoms with Crippen LogP contribution in [0.4, 0.5) is 11.4 Å². The molecule has 3 aliphatic rings. The van der Waals surface area contributed by atoms with Crippen molar-refractivity contribution >= 4 is 29.1 Å². The van der Waals surface area contributed by atoms with Gasteiger partial charge in [0, 0.05) is 24.5 Å². The maximum atomic E-state index is 14.8. The van der Waals surface area contributed by atoms with Gasteiger partial charge in [0.05, 0.1) is 44.3 Å². The molecule has 3 saturated heterocycles. The number of anilines is 2. The fourth-order valence-electron chi connectivity index (χ4n) is 7.51. The molecule has 10 nitrogen and oxygen atoms in total. The normalized spacial score (nSPS) is 25.3. The van der Waals surface area contributed by atoms with Crippen LogP contribution in [0.3, 0.4) is 0 Å². The van der Waals surface area contributed by atoms with Gasteiger partial charge in [0.25, 0.3) is 5.91 Å². The number of rotatable bonds is 14. The summed E-state index contributed by atoms with van der Waals surface area (Å²) in [6.07, 6.45) is 3.72. The number of fused-ring (bicyclic) bond motifs is 1. The van der Waals surface area contributed by atoms with E-state index in [0.29, 0.717) is 42.3 Å². The number of amides is 3. The molecule has 3 heterocycles. The van der Waals surface area contributed by atoms with Crippen LogP contribution in [0, 0.1) is 17.8 Å². The number of carbonyl (C=O) groups is 3. The molecule has 246 valence electrons. The molecule has 2 aromatic carbocycles. The minimum atomic E-state index is -1.23. The van der Waals surface area contributed by atoms with Gasteiger partial charge in [-0.05, 0) is 74.2 Å². The third kappa shape index (κ3) is 5.58. The predicted octanol–water partition coefficient (Wildman–Crippen LogP) is 4.22. The summed E-state index contributed by atoms with van der Waals surface area (Å²) in [5.41, 5.74) is 0.0227. The summed E-state index contributed by atoms with van der Waals surface area (Å²) in [6.45, 7) is 14.1. The van der Waals surface area contributed by atoms with E-state index in [0.717, 1.165) is 0 Å². The molecule has 6 atom stereocenters. The molecule has 0 aliphatic carbocycles. The lowest BCUT2D eigenvalue weighted by Crippen LogP contribution is -2.59. The second-order valence-corrected chi connectivity index (χ2v) is 12.4. The molecule has 2 unspecified atom stereocenters.